The first-order chi connectivity index (χ1) is 9.79. The Morgan fingerprint density at radius 1 is 1.30 bits per heavy atom. The lowest BCUT2D eigenvalue weighted by molar-refractivity contribution is 0.145. The van der Waals surface area contributed by atoms with Crippen LogP contribution in [0.5, 0.6) is 11.5 Å². The second kappa shape index (κ2) is 7.59. The van der Waals surface area contributed by atoms with Crippen LogP contribution in [0.2, 0.25) is 0 Å². The predicted molar refractivity (Wildman–Crippen MR) is 75.6 cm³/mol. The number of fused-ring (bicyclic) bond motifs is 1. The van der Waals surface area contributed by atoms with E-state index in [0.29, 0.717) is 50.2 Å². The molecule has 2 rings (SSSR count). The summed E-state index contributed by atoms with van der Waals surface area (Å²) in [6.07, 6.45) is 0.794. The van der Waals surface area contributed by atoms with Crippen LogP contribution < -0.4 is 20.1 Å². The Kier molecular flexibility index (Phi) is 5.49. The van der Waals surface area contributed by atoms with Crippen molar-refractivity contribution in [3.8, 4) is 11.5 Å². The number of rotatable bonds is 6. The number of nitrogens with one attached hydrogen (secondary N) is 2. The van der Waals surface area contributed by atoms with Crippen molar-refractivity contribution >= 4 is 11.7 Å². The Balaban J connectivity index is 1.76. The summed E-state index contributed by atoms with van der Waals surface area (Å²) in [4.78, 5) is 11.7. The molecule has 0 fully saturated rings. The maximum Gasteiger partial charge on any atom is 0.319 e. The molecular formula is C14H20N2O4. The molecule has 1 aliphatic heterocycles. The predicted octanol–water partition coefficient (Wildman–Crippen LogP) is 2.01. The lowest BCUT2D eigenvalue weighted by Gasteiger charge is -2.19. The fourth-order valence-corrected chi connectivity index (χ4v) is 1.82. The average molecular weight is 280 g/mol. The molecule has 2 amide bonds. The monoisotopic (exact) mass is 280 g/mol. The van der Waals surface area contributed by atoms with Gasteiger partial charge >= 0.3 is 6.03 Å². The van der Waals surface area contributed by atoms with Crippen LogP contribution in [-0.2, 0) is 4.74 Å². The van der Waals surface area contributed by atoms with Gasteiger partial charge < -0.3 is 24.8 Å². The lowest BCUT2D eigenvalue weighted by atomic mass is 10.2. The molecule has 6 nitrogen and oxygen atoms in total. The quantitative estimate of drug-likeness (QED) is 0.782. The van der Waals surface area contributed by atoms with Crippen molar-refractivity contribution in [2.24, 2.45) is 0 Å². The average Bonchev–Trinajstić information content (AvgIpc) is 2.47. The molecule has 2 N–H and O–H groups in total. The molecule has 0 aliphatic carbocycles. The van der Waals surface area contributed by atoms with E-state index < -0.39 is 0 Å². The molecule has 0 aromatic heterocycles. The Labute approximate surface area is 118 Å². The first-order valence-electron chi connectivity index (χ1n) is 6.82. The van der Waals surface area contributed by atoms with E-state index in [-0.39, 0.29) is 6.03 Å². The highest BCUT2D eigenvalue weighted by Crippen LogP contribution is 2.32. The summed E-state index contributed by atoms with van der Waals surface area (Å²) >= 11 is 0. The molecule has 110 valence electrons. The number of amides is 2. The minimum absolute atomic E-state index is 0.238. The van der Waals surface area contributed by atoms with Crippen molar-refractivity contribution < 1.29 is 19.0 Å². The van der Waals surface area contributed by atoms with Crippen LogP contribution >= 0.6 is 0 Å². The number of carbonyl (C=O) groups excluding carboxylic acids is 1. The highest BCUT2D eigenvalue weighted by Gasteiger charge is 2.12. The lowest BCUT2D eigenvalue weighted by Crippen LogP contribution is -2.30. The zero-order chi connectivity index (χ0) is 14.2. The third-order valence-electron chi connectivity index (χ3n) is 2.76. The Morgan fingerprint density at radius 2 is 2.10 bits per heavy atom. The van der Waals surface area contributed by atoms with Crippen LogP contribution in [-0.4, -0.2) is 39.0 Å². The largest absolute Gasteiger partial charge is 0.486 e. The van der Waals surface area contributed by atoms with Gasteiger partial charge in [0.15, 0.2) is 11.5 Å². The maximum atomic E-state index is 11.7. The smallest absolute Gasteiger partial charge is 0.319 e. The van der Waals surface area contributed by atoms with E-state index >= 15 is 0 Å². The van der Waals surface area contributed by atoms with Gasteiger partial charge in [0, 0.05) is 31.5 Å². The van der Waals surface area contributed by atoms with Crippen LogP contribution in [0, 0.1) is 0 Å². The van der Waals surface area contributed by atoms with Crippen molar-refractivity contribution in [3.05, 3.63) is 18.2 Å². The van der Waals surface area contributed by atoms with E-state index in [0.717, 1.165) is 6.42 Å². The van der Waals surface area contributed by atoms with E-state index in [2.05, 4.69) is 10.6 Å². The third kappa shape index (κ3) is 4.31. The summed E-state index contributed by atoms with van der Waals surface area (Å²) in [6.45, 7) is 4.96. The molecule has 0 radical (unpaired) electrons. The SMILES string of the molecule is CCOCCCNC(=O)Nc1ccc2c(c1)OCCO2. The van der Waals surface area contributed by atoms with Gasteiger partial charge in [-0.25, -0.2) is 4.79 Å². The van der Waals surface area contributed by atoms with Crippen molar-refractivity contribution in [2.45, 2.75) is 13.3 Å². The molecule has 1 aliphatic rings. The number of benzene rings is 1. The van der Waals surface area contributed by atoms with Gasteiger partial charge in [-0.3, -0.25) is 0 Å². The Bertz CT molecular complexity index is 451. The van der Waals surface area contributed by atoms with E-state index in [1.807, 2.05) is 6.92 Å². The minimum Gasteiger partial charge on any atom is -0.486 e. The van der Waals surface area contributed by atoms with Gasteiger partial charge in [-0.15, -0.1) is 0 Å². The van der Waals surface area contributed by atoms with E-state index in [1.165, 1.54) is 0 Å². The fraction of sp³-hybridized carbons (Fsp3) is 0.500. The van der Waals surface area contributed by atoms with Crippen LogP contribution in [0.15, 0.2) is 18.2 Å². The second-order valence-corrected chi connectivity index (χ2v) is 4.29. The van der Waals surface area contributed by atoms with Gasteiger partial charge in [0.25, 0.3) is 0 Å². The summed E-state index contributed by atoms with van der Waals surface area (Å²) in [5.41, 5.74) is 0.677. The number of anilines is 1. The molecule has 1 aromatic carbocycles. The number of ether oxygens (including phenoxy) is 3. The van der Waals surface area contributed by atoms with Crippen LogP contribution in [0.25, 0.3) is 0 Å². The summed E-state index contributed by atoms with van der Waals surface area (Å²) in [7, 11) is 0. The molecule has 0 atom stereocenters. The third-order valence-corrected chi connectivity index (χ3v) is 2.76. The summed E-state index contributed by atoms with van der Waals surface area (Å²) in [5.74, 6) is 1.37. The van der Waals surface area contributed by atoms with Crippen LogP contribution in [0.4, 0.5) is 10.5 Å². The highest BCUT2D eigenvalue weighted by atomic mass is 16.6. The normalized spacial score (nSPS) is 12.8. The fourth-order valence-electron chi connectivity index (χ4n) is 1.82. The molecule has 1 heterocycles. The first kappa shape index (κ1) is 14.5. The van der Waals surface area contributed by atoms with Gasteiger partial charge in [-0.2, -0.15) is 0 Å². The van der Waals surface area contributed by atoms with E-state index in [4.69, 9.17) is 14.2 Å². The van der Waals surface area contributed by atoms with Gasteiger partial charge in [-0.1, -0.05) is 0 Å². The van der Waals surface area contributed by atoms with Crippen molar-refractivity contribution in [2.75, 3.05) is 38.3 Å². The van der Waals surface area contributed by atoms with Gasteiger partial charge in [0.2, 0.25) is 0 Å². The molecule has 1 aromatic rings. The topological polar surface area (TPSA) is 68.8 Å². The van der Waals surface area contributed by atoms with Crippen molar-refractivity contribution in [1.29, 1.82) is 0 Å². The number of carbonyl (C=O) groups is 1. The van der Waals surface area contributed by atoms with Crippen LogP contribution in [0.3, 0.4) is 0 Å². The number of hydrogen-bond acceptors (Lipinski definition) is 4. The molecule has 6 heteroatoms. The number of hydrogen-bond donors (Lipinski definition) is 2. The molecule has 0 saturated carbocycles. The second-order valence-electron chi connectivity index (χ2n) is 4.29. The van der Waals surface area contributed by atoms with Gasteiger partial charge in [-0.05, 0) is 25.5 Å². The van der Waals surface area contributed by atoms with E-state index in [1.54, 1.807) is 18.2 Å². The summed E-state index contributed by atoms with van der Waals surface area (Å²) in [5, 5.41) is 5.52. The van der Waals surface area contributed by atoms with Crippen molar-refractivity contribution in [1.82, 2.24) is 5.32 Å². The Morgan fingerprint density at radius 3 is 2.90 bits per heavy atom. The van der Waals surface area contributed by atoms with Gasteiger partial charge in [0.1, 0.15) is 13.2 Å². The molecule has 0 bridgehead atoms. The standard InChI is InChI=1S/C14H20N2O4/c1-2-18-7-3-6-15-14(17)16-11-4-5-12-13(10-11)20-9-8-19-12/h4-5,10H,2-3,6-9H2,1H3,(H2,15,16,17). The summed E-state index contributed by atoms with van der Waals surface area (Å²) in [6, 6.07) is 5.10. The minimum atomic E-state index is -0.238. The molecular weight excluding hydrogens is 260 g/mol. The molecule has 0 unspecified atom stereocenters. The van der Waals surface area contributed by atoms with Gasteiger partial charge in [0.05, 0.1) is 0 Å². The molecule has 20 heavy (non-hydrogen) atoms. The molecule has 0 saturated heterocycles. The highest BCUT2D eigenvalue weighted by molar-refractivity contribution is 5.89. The number of urea groups is 1. The maximum absolute atomic E-state index is 11.7. The Hall–Kier alpha value is -1.95. The molecule has 0 spiro atoms. The summed E-state index contributed by atoms with van der Waals surface area (Å²) < 4.78 is 16.1. The first-order valence-corrected chi connectivity index (χ1v) is 6.82. The zero-order valence-corrected chi connectivity index (χ0v) is 11.6. The zero-order valence-electron chi connectivity index (χ0n) is 11.6. The van der Waals surface area contributed by atoms with Crippen molar-refractivity contribution in [3.63, 3.8) is 0 Å². The van der Waals surface area contributed by atoms with Crippen LogP contribution in [0.1, 0.15) is 13.3 Å². The van der Waals surface area contributed by atoms with E-state index in [9.17, 15) is 4.79 Å².